The van der Waals surface area contributed by atoms with E-state index < -0.39 is 0 Å². The van der Waals surface area contributed by atoms with E-state index in [9.17, 15) is 0 Å². The van der Waals surface area contributed by atoms with Crippen LogP contribution in [0.15, 0.2) is 86.4 Å². The second-order valence-electron chi connectivity index (χ2n) is 5.32. The number of hydrogen-bond acceptors (Lipinski definition) is 1. The van der Waals surface area contributed by atoms with Crippen LogP contribution in [0, 0.1) is 13.8 Å². The summed E-state index contributed by atoms with van der Waals surface area (Å²) in [5, 5.41) is 0. The van der Waals surface area contributed by atoms with Gasteiger partial charge in [0, 0.05) is 11.1 Å². The van der Waals surface area contributed by atoms with Crippen LogP contribution >= 0.6 is 0 Å². The van der Waals surface area contributed by atoms with Gasteiger partial charge < -0.3 is 4.74 Å². The minimum atomic E-state index is 0.951. The summed E-state index contributed by atoms with van der Waals surface area (Å²) < 4.78 is 5.69. The molecule has 0 atom stereocenters. The Morgan fingerprint density at radius 1 is 0.739 bits per heavy atom. The lowest BCUT2D eigenvalue weighted by Crippen LogP contribution is -1.88. The lowest BCUT2D eigenvalue weighted by atomic mass is 10.0. The Labute approximate surface area is 138 Å². The number of hydrogen-bond donors (Lipinski definition) is 0. The maximum Gasteiger partial charge on any atom is 0.0979 e. The van der Waals surface area contributed by atoms with Gasteiger partial charge in [-0.1, -0.05) is 73.8 Å². The van der Waals surface area contributed by atoms with Crippen LogP contribution in [0.5, 0.6) is 0 Å². The maximum atomic E-state index is 5.69. The molecule has 0 unspecified atom stereocenters. The van der Waals surface area contributed by atoms with Crippen LogP contribution in [0.25, 0.3) is 11.1 Å². The molecule has 0 radical (unpaired) electrons. The third-order valence-electron chi connectivity index (χ3n) is 3.74. The van der Waals surface area contributed by atoms with Crippen LogP contribution < -0.4 is 0 Å². The van der Waals surface area contributed by atoms with E-state index in [0.717, 1.165) is 22.3 Å². The third-order valence-corrected chi connectivity index (χ3v) is 3.74. The molecule has 0 amide bonds. The Balaban J connectivity index is 2.27. The predicted octanol–water partition coefficient (Wildman–Crippen LogP) is 6.07. The van der Waals surface area contributed by atoms with E-state index in [1.54, 1.807) is 24.7 Å². The summed E-state index contributed by atoms with van der Waals surface area (Å²) in [6.45, 7) is 11.9. The Kier molecular flexibility index (Phi) is 5.76. The van der Waals surface area contributed by atoms with Gasteiger partial charge in [0.25, 0.3) is 0 Å². The highest BCUT2D eigenvalue weighted by atomic mass is 16.5. The zero-order valence-electron chi connectivity index (χ0n) is 13.8. The Bertz CT molecular complexity index is 698. The van der Waals surface area contributed by atoms with E-state index in [1.807, 2.05) is 24.3 Å². The van der Waals surface area contributed by atoms with E-state index in [0.29, 0.717) is 0 Å². The van der Waals surface area contributed by atoms with E-state index in [1.165, 1.54) is 11.1 Å². The van der Waals surface area contributed by atoms with Crippen LogP contribution in [0.3, 0.4) is 0 Å². The smallest absolute Gasteiger partial charge is 0.0979 e. The molecule has 0 heterocycles. The molecular weight excluding hydrogens is 280 g/mol. The number of aryl methyl sites for hydroxylation is 2. The molecule has 2 aromatic rings. The molecule has 0 bridgehead atoms. The van der Waals surface area contributed by atoms with E-state index in [4.69, 9.17) is 4.74 Å². The van der Waals surface area contributed by atoms with Crippen molar-refractivity contribution in [3.05, 3.63) is 109 Å². The fourth-order valence-electron chi connectivity index (χ4n) is 2.42. The normalized spacial score (nSPS) is 11.9. The van der Waals surface area contributed by atoms with E-state index in [-0.39, 0.29) is 0 Å². The second kappa shape index (κ2) is 8.00. The Morgan fingerprint density at radius 3 is 1.48 bits per heavy atom. The van der Waals surface area contributed by atoms with Gasteiger partial charge in [-0.3, -0.25) is 0 Å². The molecule has 0 aromatic heterocycles. The van der Waals surface area contributed by atoms with Gasteiger partial charge >= 0.3 is 0 Å². The first-order valence-electron chi connectivity index (χ1n) is 7.60. The molecule has 2 rings (SSSR count). The summed E-state index contributed by atoms with van der Waals surface area (Å²) in [6.07, 6.45) is 7.04. The SMILES string of the molecule is C=CC(=COC=C(C=C)c1ccccc1C)c1ccccc1C. The molecule has 0 fully saturated rings. The molecular formula is C22H22O. The van der Waals surface area contributed by atoms with Crippen LogP contribution in [0.2, 0.25) is 0 Å². The first-order chi connectivity index (χ1) is 11.2. The van der Waals surface area contributed by atoms with Crippen LogP contribution in [-0.4, -0.2) is 0 Å². The molecule has 0 N–H and O–H groups in total. The summed E-state index contributed by atoms with van der Waals surface area (Å²) >= 11 is 0. The zero-order chi connectivity index (χ0) is 16.7. The monoisotopic (exact) mass is 302 g/mol. The quantitative estimate of drug-likeness (QED) is 0.464. The lowest BCUT2D eigenvalue weighted by molar-refractivity contribution is 0.407. The lowest BCUT2D eigenvalue weighted by Gasteiger charge is -2.08. The molecule has 0 saturated carbocycles. The highest BCUT2D eigenvalue weighted by Gasteiger charge is 2.03. The van der Waals surface area contributed by atoms with Crippen molar-refractivity contribution in [1.29, 1.82) is 0 Å². The average molecular weight is 302 g/mol. The van der Waals surface area contributed by atoms with E-state index >= 15 is 0 Å². The first-order valence-corrected chi connectivity index (χ1v) is 7.60. The summed E-state index contributed by atoms with van der Waals surface area (Å²) in [6, 6.07) is 16.3. The zero-order valence-corrected chi connectivity index (χ0v) is 13.8. The van der Waals surface area contributed by atoms with Crippen molar-refractivity contribution in [2.24, 2.45) is 0 Å². The van der Waals surface area contributed by atoms with Gasteiger partial charge in [0.1, 0.15) is 0 Å². The number of allylic oxidation sites excluding steroid dienone is 4. The fraction of sp³-hybridized carbons (Fsp3) is 0.0909. The maximum absolute atomic E-state index is 5.69. The van der Waals surface area contributed by atoms with Crippen molar-refractivity contribution in [3.63, 3.8) is 0 Å². The van der Waals surface area contributed by atoms with Gasteiger partial charge in [-0.05, 0) is 36.1 Å². The number of rotatable bonds is 6. The number of benzene rings is 2. The van der Waals surface area contributed by atoms with Gasteiger partial charge in [-0.15, -0.1) is 0 Å². The van der Waals surface area contributed by atoms with Crippen LogP contribution in [0.1, 0.15) is 22.3 Å². The van der Waals surface area contributed by atoms with Crippen molar-refractivity contribution in [3.8, 4) is 0 Å². The van der Waals surface area contributed by atoms with Crippen LogP contribution in [-0.2, 0) is 4.74 Å². The topological polar surface area (TPSA) is 9.23 Å². The molecule has 0 aliphatic carbocycles. The summed E-state index contributed by atoms with van der Waals surface area (Å²) in [4.78, 5) is 0. The summed E-state index contributed by atoms with van der Waals surface area (Å²) in [5.74, 6) is 0. The Morgan fingerprint density at radius 2 is 1.13 bits per heavy atom. The van der Waals surface area contributed by atoms with Gasteiger partial charge in [-0.2, -0.15) is 0 Å². The third kappa shape index (κ3) is 4.10. The molecule has 0 aliphatic rings. The van der Waals surface area contributed by atoms with Crippen molar-refractivity contribution in [2.45, 2.75) is 13.8 Å². The highest BCUT2D eigenvalue weighted by molar-refractivity contribution is 5.76. The summed E-state index contributed by atoms with van der Waals surface area (Å²) in [7, 11) is 0. The molecule has 2 aromatic carbocycles. The molecule has 23 heavy (non-hydrogen) atoms. The van der Waals surface area contributed by atoms with Gasteiger partial charge in [-0.25, -0.2) is 0 Å². The van der Waals surface area contributed by atoms with Crippen LogP contribution in [0.4, 0.5) is 0 Å². The van der Waals surface area contributed by atoms with Crippen molar-refractivity contribution >= 4 is 11.1 Å². The molecule has 0 spiro atoms. The Hall–Kier alpha value is -2.80. The largest absolute Gasteiger partial charge is 0.471 e. The molecule has 0 saturated heterocycles. The molecule has 1 heteroatoms. The van der Waals surface area contributed by atoms with Gasteiger partial charge in [0.05, 0.1) is 12.5 Å². The highest BCUT2D eigenvalue weighted by Crippen LogP contribution is 2.22. The van der Waals surface area contributed by atoms with Gasteiger partial charge in [0.15, 0.2) is 0 Å². The fourth-order valence-corrected chi connectivity index (χ4v) is 2.42. The first kappa shape index (κ1) is 16.6. The molecule has 0 aliphatic heterocycles. The standard InChI is InChI=1S/C22H22O/c1-5-19(21-13-9-7-11-17(21)3)15-23-16-20(6-2)22-14-10-8-12-18(22)4/h5-16H,1-2H2,3-4H3. The minimum absolute atomic E-state index is 0.951. The van der Waals surface area contributed by atoms with Crippen molar-refractivity contribution in [1.82, 2.24) is 0 Å². The second-order valence-corrected chi connectivity index (χ2v) is 5.32. The van der Waals surface area contributed by atoms with Gasteiger partial charge in [0.2, 0.25) is 0 Å². The molecule has 1 nitrogen and oxygen atoms in total. The average Bonchev–Trinajstić information content (AvgIpc) is 2.57. The summed E-state index contributed by atoms with van der Waals surface area (Å²) in [5.41, 5.74) is 6.52. The molecule has 116 valence electrons. The van der Waals surface area contributed by atoms with Crippen molar-refractivity contribution in [2.75, 3.05) is 0 Å². The predicted molar refractivity (Wildman–Crippen MR) is 99.8 cm³/mol. The van der Waals surface area contributed by atoms with Crippen molar-refractivity contribution < 1.29 is 4.74 Å². The minimum Gasteiger partial charge on any atom is -0.471 e. The number of ether oxygens (including phenoxy) is 1. The van der Waals surface area contributed by atoms with E-state index in [2.05, 4.69) is 51.3 Å².